The lowest BCUT2D eigenvalue weighted by Gasteiger charge is -2.35. The van der Waals surface area contributed by atoms with Crippen LogP contribution in [0.25, 0.3) is 0 Å². The van der Waals surface area contributed by atoms with Crippen molar-refractivity contribution in [1.29, 1.82) is 0 Å². The van der Waals surface area contributed by atoms with Crippen LogP contribution >= 0.6 is 11.6 Å². The van der Waals surface area contributed by atoms with Crippen molar-refractivity contribution < 1.29 is 0 Å². The van der Waals surface area contributed by atoms with E-state index in [1.54, 1.807) is 0 Å². The number of halogens is 1. The first-order chi connectivity index (χ1) is 10.0. The lowest BCUT2D eigenvalue weighted by molar-refractivity contribution is 0.217. The second kappa shape index (κ2) is 7.15. The van der Waals surface area contributed by atoms with Gasteiger partial charge in [0.15, 0.2) is 0 Å². The lowest BCUT2D eigenvalue weighted by atomic mass is 9.78. The topological polar surface area (TPSA) is 29.9 Å². The van der Waals surface area contributed by atoms with Crippen LogP contribution < -0.4 is 5.32 Å². The Labute approximate surface area is 134 Å². The maximum Gasteiger partial charge on any atom is 0.0850 e. The zero-order valence-electron chi connectivity index (χ0n) is 14.0. The molecule has 4 heteroatoms. The summed E-state index contributed by atoms with van der Waals surface area (Å²) in [5, 5.41) is 9.23. The average Bonchev–Trinajstić information content (AvgIpc) is 3.01. The van der Waals surface area contributed by atoms with E-state index in [1.165, 1.54) is 37.8 Å². The van der Waals surface area contributed by atoms with Crippen LogP contribution in [0.15, 0.2) is 0 Å². The van der Waals surface area contributed by atoms with Gasteiger partial charge in [-0.25, -0.2) is 0 Å². The summed E-state index contributed by atoms with van der Waals surface area (Å²) < 4.78 is 1.99. The number of rotatable bonds is 7. The molecule has 1 fully saturated rings. The maximum absolute atomic E-state index is 6.55. The van der Waals surface area contributed by atoms with Gasteiger partial charge in [-0.3, -0.25) is 4.68 Å². The third kappa shape index (κ3) is 3.62. The molecule has 1 aromatic rings. The Balaban J connectivity index is 2.20. The number of hydrogen-bond donors (Lipinski definition) is 1. The van der Waals surface area contributed by atoms with Crippen molar-refractivity contribution in [3.05, 3.63) is 16.4 Å². The molecule has 0 amide bonds. The van der Waals surface area contributed by atoms with E-state index in [4.69, 9.17) is 11.6 Å². The van der Waals surface area contributed by atoms with Gasteiger partial charge in [-0.05, 0) is 37.6 Å². The molecule has 3 nitrogen and oxygen atoms in total. The Morgan fingerprint density at radius 1 is 1.33 bits per heavy atom. The van der Waals surface area contributed by atoms with Crippen LogP contribution in [0.5, 0.6) is 0 Å². The van der Waals surface area contributed by atoms with Gasteiger partial charge >= 0.3 is 0 Å². The van der Waals surface area contributed by atoms with E-state index < -0.39 is 0 Å². The molecule has 0 spiro atoms. The number of aromatic nitrogens is 2. The van der Waals surface area contributed by atoms with E-state index in [9.17, 15) is 0 Å². The average molecular weight is 312 g/mol. The van der Waals surface area contributed by atoms with Gasteiger partial charge in [-0.2, -0.15) is 5.10 Å². The van der Waals surface area contributed by atoms with Crippen molar-refractivity contribution in [1.82, 2.24) is 15.1 Å². The third-order valence-corrected chi connectivity index (χ3v) is 5.56. The summed E-state index contributed by atoms with van der Waals surface area (Å²) >= 11 is 6.55. The molecule has 0 aromatic carbocycles. The van der Waals surface area contributed by atoms with Gasteiger partial charge in [0.25, 0.3) is 0 Å². The van der Waals surface area contributed by atoms with Gasteiger partial charge in [0.1, 0.15) is 0 Å². The molecule has 120 valence electrons. The van der Waals surface area contributed by atoms with Gasteiger partial charge in [-0.1, -0.05) is 45.2 Å². The van der Waals surface area contributed by atoms with E-state index >= 15 is 0 Å². The molecule has 1 heterocycles. The summed E-state index contributed by atoms with van der Waals surface area (Å²) in [5.74, 6) is 0. The van der Waals surface area contributed by atoms with Crippen molar-refractivity contribution in [2.45, 2.75) is 71.8 Å². The van der Waals surface area contributed by atoms with E-state index in [0.29, 0.717) is 11.5 Å². The van der Waals surface area contributed by atoms with Crippen LogP contribution in [-0.4, -0.2) is 22.4 Å². The molecule has 0 bridgehead atoms. The smallest absolute Gasteiger partial charge is 0.0850 e. The first kappa shape index (κ1) is 16.8. The number of nitrogens with one attached hydrogen (secondary N) is 1. The Kier molecular flexibility index (Phi) is 5.73. The normalized spacial score (nSPS) is 19.1. The molecule has 1 saturated carbocycles. The summed E-state index contributed by atoms with van der Waals surface area (Å²) in [4.78, 5) is 0. The van der Waals surface area contributed by atoms with Crippen LogP contribution in [0.1, 0.15) is 64.3 Å². The predicted octanol–water partition coefficient (Wildman–Crippen LogP) is 4.13. The standard InChI is InChI=1S/C17H30ClN3/c1-5-11-19-15(17(3)9-7-8-10-17)12-14-16(18)13(6-2)20-21(14)4/h15,19H,5-12H2,1-4H3. The summed E-state index contributed by atoms with van der Waals surface area (Å²) in [6.45, 7) is 7.87. The van der Waals surface area contributed by atoms with Crippen molar-refractivity contribution in [2.75, 3.05) is 6.54 Å². The SMILES string of the molecule is CCCNC(Cc1c(Cl)c(CC)nn1C)C1(C)CCCC1. The van der Waals surface area contributed by atoms with Crippen LogP contribution in [0, 0.1) is 5.41 Å². The molecular formula is C17H30ClN3. The highest BCUT2D eigenvalue weighted by atomic mass is 35.5. The van der Waals surface area contributed by atoms with Crippen LogP contribution in [0.3, 0.4) is 0 Å². The molecule has 0 saturated heterocycles. The van der Waals surface area contributed by atoms with Crippen molar-refractivity contribution in [3.8, 4) is 0 Å². The lowest BCUT2D eigenvalue weighted by Crippen LogP contribution is -2.44. The maximum atomic E-state index is 6.55. The summed E-state index contributed by atoms with van der Waals surface area (Å²) in [6.07, 6.45) is 8.43. The summed E-state index contributed by atoms with van der Waals surface area (Å²) in [7, 11) is 2.02. The molecule has 21 heavy (non-hydrogen) atoms. The fraction of sp³-hybridized carbons (Fsp3) is 0.824. The molecule has 0 radical (unpaired) electrons. The highest BCUT2D eigenvalue weighted by Gasteiger charge is 2.37. The molecule has 1 atom stereocenters. The Hall–Kier alpha value is -0.540. The van der Waals surface area contributed by atoms with Gasteiger partial charge < -0.3 is 5.32 Å². The summed E-state index contributed by atoms with van der Waals surface area (Å²) in [5.41, 5.74) is 2.62. The first-order valence-corrected chi connectivity index (χ1v) is 8.83. The molecule has 0 aliphatic heterocycles. The van der Waals surface area contributed by atoms with Gasteiger partial charge in [0, 0.05) is 19.5 Å². The molecular weight excluding hydrogens is 282 g/mol. The Morgan fingerprint density at radius 2 is 2.00 bits per heavy atom. The monoisotopic (exact) mass is 311 g/mol. The van der Waals surface area contributed by atoms with Gasteiger partial charge in [-0.15, -0.1) is 0 Å². The Morgan fingerprint density at radius 3 is 2.52 bits per heavy atom. The third-order valence-electron chi connectivity index (χ3n) is 5.13. The fourth-order valence-corrected chi connectivity index (χ4v) is 4.02. The number of aryl methyl sites for hydroxylation is 2. The van der Waals surface area contributed by atoms with E-state index in [1.807, 2.05) is 11.7 Å². The molecule has 1 unspecified atom stereocenters. The summed E-state index contributed by atoms with van der Waals surface area (Å²) in [6, 6.07) is 0.498. The van der Waals surface area contributed by atoms with E-state index in [2.05, 4.69) is 31.2 Å². The second-order valence-corrected chi connectivity index (χ2v) is 7.13. The number of hydrogen-bond acceptors (Lipinski definition) is 2. The van der Waals surface area contributed by atoms with Crippen molar-refractivity contribution in [3.63, 3.8) is 0 Å². The predicted molar refractivity (Wildman–Crippen MR) is 90.0 cm³/mol. The first-order valence-electron chi connectivity index (χ1n) is 8.45. The Bertz CT molecular complexity index is 461. The minimum atomic E-state index is 0.398. The van der Waals surface area contributed by atoms with Gasteiger partial charge in [0.05, 0.1) is 16.4 Å². The van der Waals surface area contributed by atoms with Crippen molar-refractivity contribution in [2.24, 2.45) is 12.5 Å². The molecule has 1 aliphatic rings. The van der Waals surface area contributed by atoms with E-state index in [0.717, 1.165) is 30.1 Å². The largest absolute Gasteiger partial charge is 0.313 e. The van der Waals surface area contributed by atoms with Crippen LogP contribution in [0.2, 0.25) is 5.02 Å². The molecule has 1 aliphatic carbocycles. The highest BCUT2D eigenvalue weighted by molar-refractivity contribution is 6.31. The molecule has 1 N–H and O–H groups in total. The highest BCUT2D eigenvalue weighted by Crippen LogP contribution is 2.42. The minimum Gasteiger partial charge on any atom is -0.313 e. The minimum absolute atomic E-state index is 0.398. The number of nitrogens with zero attached hydrogens (tertiary/aromatic N) is 2. The molecule has 2 rings (SSSR count). The van der Waals surface area contributed by atoms with Crippen molar-refractivity contribution >= 4 is 11.6 Å². The zero-order valence-corrected chi connectivity index (χ0v) is 14.8. The van der Waals surface area contributed by atoms with Gasteiger partial charge in [0.2, 0.25) is 0 Å². The molecule has 1 aromatic heterocycles. The van der Waals surface area contributed by atoms with Crippen LogP contribution in [0.4, 0.5) is 0 Å². The van der Waals surface area contributed by atoms with E-state index in [-0.39, 0.29) is 0 Å². The van der Waals surface area contributed by atoms with Crippen LogP contribution in [-0.2, 0) is 19.9 Å². The zero-order chi connectivity index (χ0) is 15.5. The quantitative estimate of drug-likeness (QED) is 0.820. The second-order valence-electron chi connectivity index (χ2n) is 6.76. The fourth-order valence-electron chi connectivity index (χ4n) is 3.65.